The number of para-hydroxylation sites is 1. The summed E-state index contributed by atoms with van der Waals surface area (Å²) in [5, 5.41) is 11.9. The number of aromatic nitrogens is 1. The van der Waals surface area contributed by atoms with E-state index in [2.05, 4.69) is 46.8 Å². The molecule has 0 atom stereocenters. The van der Waals surface area contributed by atoms with Gasteiger partial charge in [0.15, 0.2) is 5.96 Å². The molecule has 3 rings (SSSR count). The third kappa shape index (κ3) is 4.07. The zero-order chi connectivity index (χ0) is 18.4. The Kier molecular flexibility index (Phi) is 5.94. The summed E-state index contributed by atoms with van der Waals surface area (Å²) in [6.45, 7) is 5.55. The van der Waals surface area contributed by atoms with Crippen molar-refractivity contribution in [1.82, 2.24) is 15.8 Å². The Morgan fingerprint density at radius 2 is 2.00 bits per heavy atom. The molecule has 3 aromatic rings. The van der Waals surface area contributed by atoms with E-state index in [-0.39, 0.29) is 0 Å². The molecule has 0 unspecified atom stereocenters. The average Bonchev–Trinajstić information content (AvgIpc) is 3.27. The minimum Gasteiger partial charge on any atom is -0.461 e. The predicted molar refractivity (Wildman–Crippen MR) is 103 cm³/mol. The van der Waals surface area contributed by atoms with E-state index < -0.39 is 0 Å². The van der Waals surface area contributed by atoms with Crippen LogP contribution in [0.2, 0.25) is 0 Å². The molecule has 0 saturated heterocycles. The van der Waals surface area contributed by atoms with Gasteiger partial charge in [-0.2, -0.15) is 0 Å². The van der Waals surface area contributed by atoms with Crippen LogP contribution >= 0.6 is 0 Å². The lowest BCUT2D eigenvalue weighted by molar-refractivity contribution is 0.380. The van der Waals surface area contributed by atoms with Crippen molar-refractivity contribution >= 4 is 16.9 Å². The van der Waals surface area contributed by atoms with Gasteiger partial charge >= 0.3 is 0 Å². The van der Waals surface area contributed by atoms with Gasteiger partial charge in [-0.05, 0) is 18.6 Å². The smallest absolute Gasteiger partial charge is 0.191 e. The van der Waals surface area contributed by atoms with Gasteiger partial charge in [0, 0.05) is 43.9 Å². The zero-order valence-electron chi connectivity index (χ0n) is 15.6. The Morgan fingerprint density at radius 3 is 2.73 bits per heavy atom. The van der Waals surface area contributed by atoms with Crippen molar-refractivity contribution in [3.8, 4) is 0 Å². The second kappa shape index (κ2) is 8.56. The number of hydrogen-bond donors (Lipinski definition) is 2. The highest BCUT2D eigenvalue weighted by Crippen LogP contribution is 2.19. The maximum absolute atomic E-state index is 5.84. The first-order chi connectivity index (χ1) is 12.7. The Labute approximate surface area is 153 Å². The standard InChI is InChI=1S/C20H26N4O2/c1-4-17-16(18(5-2)26-24-17)13-23-20(21-3)22-11-10-15-12-14-8-6-7-9-19(14)25-15/h6-9,12H,4-5,10-11,13H2,1-3H3,(H2,21,22,23). The number of rotatable bonds is 7. The van der Waals surface area contributed by atoms with E-state index >= 15 is 0 Å². The van der Waals surface area contributed by atoms with Crippen LogP contribution in [-0.2, 0) is 25.8 Å². The molecule has 138 valence electrons. The van der Waals surface area contributed by atoms with Crippen LogP contribution in [0.25, 0.3) is 11.0 Å². The van der Waals surface area contributed by atoms with E-state index in [0.717, 1.165) is 65.5 Å². The predicted octanol–water partition coefficient (Wildman–Crippen LogP) is 3.45. The highest BCUT2D eigenvalue weighted by Gasteiger charge is 2.13. The van der Waals surface area contributed by atoms with Crippen molar-refractivity contribution in [3.63, 3.8) is 0 Å². The van der Waals surface area contributed by atoms with Crippen LogP contribution in [0.3, 0.4) is 0 Å². The van der Waals surface area contributed by atoms with Gasteiger partial charge in [0.05, 0.1) is 5.69 Å². The molecule has 1 aromatic carbocycles. The lowest BCUT2D eigenvalue weighted by atomic mass is 10.1. The van der Waals surface area contributed by atoms with Crippen molar-refractivity contribution in [2.75, 3.05) is 13.6 Å². The number of aryl methyl sites for hydroxylation is 2. The first kappa shape index (κ1) is 18.0. The number of benzene rings is 1. The zero-order valence-corrected chi connectivity index (χ0v) is 15.6. The fourth-order valence-corrected chi connectivity index (χ4v) is 2.99. The van der Waals surface area contributed by atoms with E-state index in [9.17, 15) is 0 Å². The van der Waals surface area contributed by atoms with Gasteiger partial charge in [-0.15, -0.1) is 0 Å². The largest absolute Gasteiger partial charge is 0.461 e. The number of aliphatic imine (C=N–C) groups is 1. The Bertz CT molecular complexity index is 824. The van der Waals surface area contributed by atoms with Crippen molar-refractivity contribution in [1.29, 1.82) is 0 Å². The minimum absolute atomic E-state index is 0.653. The lowest BCUT2D eigenvalue weighted by Gasteiger charge is -2.11. The van der Waals surface area contributed by atoms with Gasteiger partial charge in [0.25, 0.3) is 0 Å². The van der Waals surface area contributed by atoms with Gasteiger partial charge in [0.2, 0.25) is 0 Å². The second-order valence-corrected chi connectivity index (χ2v) is 6.09. The minimum atomic E-state index is 0.653. The molecule has 0 fully saturated rings. The number of nitrogens with one attached hydrogen (secondary N) is 2. The molecule has 0 spiro atoms. The molecule has 0 radical (unpaired) electrons. The highest BCUT2D eigenvalue weighted by molar-refractivity contribution is 5.80. The molecule has 2 heterocycles. The van der Waals surface area contributed by atoms with Crippen LogP contribution < -0.4 is 10.6 Å². The SMILES string of the molecule is CCc1noc(CC)c1CNC(=NC)NCCc1cc2ccccc2o1. The Balaban J connectivity index is 1.53. The summed E-state index contributed by atoms with van der Waals surface area (Å²) in [4.78, 5) is 4.29. The van der Waals surface area contributed by atoms with Gasteiger partial charge in [0.1, 0.15) is 17.1 Å². The summed E-state index contributed by atoms with van der Waals surface area (Å²) in [6, 6.07) is 10.1. The highest BCUT2D eigenvalue weighted by atomic mass is 16.5. The maximum Gasteiger partial charge on any atom is 0.191 e. The third-order valence-electron chi connectivity index (χ3n) is 4.40. The molecular weight excluding hydrogens is 328 g/mol. The summed E-state index contributed by atoms with van der Waals surface area (Å²) >= 11 is 0. The molecule has 6 heteroatoms. The molecule has 2 N–H and O–H groups in total. The molecule has 0 aliphatic rings. The molecule has 0 bridgehead atoms. The van der Waals surface area contributed by atoms with Crippen LogP contribution in [0.15, 0.2) is 44.3 Å². The molecule has 0 aliphatic heterocycles. The molecule has 0 amide bonds. The number of guanidine groups is 1. The topological polar surface area (TPSA) is 75.6 Å². The van der Waals surface area contributed by atoms with Crippen molar-refractivity contribution in [2.45, 2.75) is 39.7 Å². The van der Waals surface area contributed by atoms with Gasteiger partial charge in [-0.25, -0.2) is 0 Å². The second-order valence-electron chi connectivity index (χ2n) is 6.09. The summed E-state index contributed by atoms with van der Waals surface area (Å²) < 4.78 is 11.2. The van der Waals surface area contributed by atoms with Gasteiger partial charge in [-0.3, -0.25) is 4.99 Å². The monoisotopic (exact) mass is 354 g/mol. The molecule has 0 aliphatic carbocycles. The van der Waals surface area contributed by atoms with Gasteiger partial charge in [-0.1, -0.05) is 37.2 Å². The quantitative estimate of drug-likeness (QED) is 0.502. The van der Waals surface area contributed by atoms with E-state index in [4.69, 9.17) is 8.94 Å². The number of fused-ring (bicyclic) bond motifs is 1. The average molecular weight is 354 g/mol. The lowest BCUT2D eigenvalue weighted by Crippen LogP contribution is -2.38. The van der Waals surface area contributed by atoms with Crippen LogP contribution in [0.5, 0.6) is 0 Å². The van der Waals surface area contributed by atoms with Crippen molar-refractivity contribution in [2.24, 2.45) is 4.99 Å². The van der Waals surface area contributed by atoms with E-state index in [1.165, 1.54) is 0 Å². The fraction of sp³-hybridized carbons (Fsp3) is 0.400. The molecule has 6 nitrogen and oxygen atoms in total. The normalized spacial score (nSPS) is 11.9. The first-order valence-electron chi connectivity index (χ1n) is 9.13. The summed E-state index contributed by atoms with van der Waals surface area (Å²) in [5.41, 5.74) is 3.07. The number of hydrogen-bond acceptors (Lipinski definition) is 4. The molecule has 0 saturated carbocycles. The summed E-state index contributed by atoms with van der Waals surface area (Å²) in [5.74, 6) is 2.66. The van der Waals surface area contributed by atoms with Crippen LogP contribution in [-0.4, -0.2) is 24.7 Å². The van der Waals surface area contributed by atoms with E-state index in [1.807, 2.05) is 18.2 Å². The third-order valence-corrected chi connectivity index (χ3v) is 4.40. The molecular formula is C20H26N4O2. The van der Waals surface area contributed by atoms with Crippen LogP contribution in [0.4, 0.5) is 0 Å². The van der Waals surface area contributed by atoms with E-state index in [0.29, 0.717) is 6.54 Å². The molecule has 2 aromatic heterocycles. The van der Waals surface area contributed by atoms with Crippen LogP contribution in [0.1, 0.15) is 36.6 Å². The maximum atomic E-state index is 5.84. The summed E-state index contributed by atoms with van der Waals surface area (Å²) in [6.07, 6.45) is 2.49. The molecule has 26 heavy (non-hydrogen) atoms. The van der Waals surface area contributed by atoms with Crippen LogP contribution in [0, 0.1) is 0 Å². The number of furan rings is 1. The Hall–Kier alpha value is -2.76. The first-order valence-corrected chi connectivity index (χ1v) is 9.13. The van der Waals surface area contributed by atoms with Gasteiger partial charge < -0.3 is 19.6 Å². The summed E-state index contributed by atoms with van der Waals surface area (Å²) in [7, 11) is 1.77. The fourth-order valence-electron chi connectivity index (χ4n) is 2.99. The van der Waals surface area contributed by atoms with Crippen molar-refractivity contribution in [3.05, 3.63) is 53.1 Å². The Morgan fingerprint density at radius 1 is 1.15 bits per heavy atom. The van der Waals surface area contributed by atoms with E-state index in [1.54, 1.807) is 7.05 Å². The number of nitrogens with zero attached hydrogens (tertiary/aromatic N) is 2. The van der Waals surface area contributed by atoms with Crippen molar-refractivity contribution < 1.29 is 8.94 Å².